The van der Waals surface area contributed by atoms with Gasteiger partial charge in [-0.1, -0.05) is 59.6 Å². The van der Waals surface area contributed by atoms with E-state index in [2.05, 4.69) is 22.4 Å². The Labute approximate surface area is 159 Å². The fourth-order valence-electron chi connectivity index (χ4n) is 2.18. The van der Waals surface area contributed by atoms with Crippen LogP contribution in [0.1, 0.15) is 16.0 Å². The van der Waals surface area contributed by atoms with E-state index >= 15 is 0 Å². The first kappa shape index (κ1) is 17.7. The summed E-state index contributed by atoms with van der Waals surface area (Å²) >= 11 is 13.3. The van der Waals surface area contributed by atoms with Crippen molar-refractivity contribution in [3.8, 4) is 0 Å². The second-order valence-electron chi connectivity index (χ2n) is 5.29. The summed E-state index contributed by atoms with van der Waals surface area (Å²) in [4.78, 5) is 17.4. The van der Waals surface area contributed by atoms with Gasteiger partial charge in [-0.05, 0) is 29.3 Å². The van der Waals surface area contributed by atoms with Gasteiger partial charge in [-0.2, -0.15) is 0 Å². The van der Waals surface area contributed by atoms with E-state index in [1.165, 1.54) is 23.0 Å². The van der Waals surface area contributed by atoms with Crippen molar-refractivity contribution >= 4 is 51.7 Å². The molecule has 0 aliphatic rings. The van der Waals surface area contributed by atoms with E-state index in [0.29, 0.717) is 15.2 Å². The van der Waals surface area contributed by atoms with Crippen molar-refractivity contribution in [3.05, 3.63) is 86.9 Å². The third kappa shape index (κ3) is 5.16. The first-order chi connectivity index (χ1) is 12.1. The Balaban J connectivity index is 1.59. The summed E-state index contributed by atoms with van der Waals surface area (Å²) in [6.07, 6.45) is 5.71. The maximum absolute atomic E-state index is 12.0. The summed E-state index contributed by atoms with van der Waals surface area (Å²) in [6.45, 7) is 0. The molecule has 0 radical (unpaired) electrons. The molecule has 3 rings (SSSR count). The Morgan fingerprint density at radius 2 is 1.92 bits per heavy atom. The molecule has 126 valence electrons. The minimum absolute atomic E-state index is 0.244. The van der Waals surface area contributed by atoms with Crippen molar-refractivity contribution in [1.82, 2.24) is 4.98 Å². The molecular weight excluding hydrogens is 375 g/mol. The summed E-state index contributed by atoms with van der Waals surface area (Å²) in [7, 11) is 0. The Bertz CT molecular complexity index is 907. The standard InChI is InChI=1S/C19H14Cl2N2OS/c20-16-8-6-14(11-17(16)21)7-9-18(24)23-19-22-12-15(25-19)10-13-4-2-1-3-5-13/h1-9,11-12H,10H2,(H,22,23,24). The highest BCUT2D eigenvalue weighted by Crippen LogP contribution is 2.23. The average Bonchev–Trinajstić information content (AvgIpc) is 3.03. The number of nitrogens with one attached hydrogen (secondary N) is 1. The summed E-state index contributed by atoms with van der Waals surface area (Å²) in [5, 5.41) is 4.28. The smallest absolute Gasteiger partial charge is 0.250 e. The molecule has 6 heteroatoms. The van der Waals surface area contributed by atoms with Crippen LogP contribution in [0.2, 0.25) is 10.0 Å². The SMILES string of the molecule is O=C(C=Cc1ccc(Cl)c(Cl)c1)Nc1ncc(Cc2ccccc2)s1. The number of thiazole rings is 1. The number of amides is 1. The number of carbonyl (C=O) groups is 1. The van der Waals surface area contributed by atoms with Crippen molar-refractivity contribution < 1.29 is 4.79 Å². The molecule has 0 unspecified atom stereocenters. The molecule has 2 aromatic carbocycles. The summed E-state index contributed by atoms with van der Waals surface area (Å²) < 4.78 is 0. The maximum atomic E-state index is 12.0. The van der Waals surface area contributed by atoms with Gasteiger partial charge in [0.25, 0.3) is 0 Å². The molecule has 0 saturated carbocycles. The number of anilines is 1. The second-order valence-corrected chi connectivity index (χ2v) is 7.22. The molecule has 3 nitrogen and oxygen atoms in total. The van der Waals surface area contributed by atoms with Gasteiger partial charge in [0.05, 0.1) is 10.0 Å². The van der Waals surface area contributed by atoms with Gasteiger partial charge in [-0.25, -0.2) is 4.98 Å². The van der Waals surface area contributed by atoms with Gasteiger partial charge < -0.3 is 0 Å². The molecule has 3 aromatic rings. The summed E-state index contributed by atoms with van der Waals surface area (Å²) in [5.41, 5.74) is 2.01. The average molecular weight is 389 g/mol. The van der Waals surface area contributed by atoms with Gasteiger partial charge >= 0.3 is 0 Å². The number of benzene rings is 2. The third-order valence-electron chi connectivity index (χ3n) is 3.38. The number of rotatable bonds is 5. The van der Waals surface area contributed by atoms with E-state index in [1.54, 1.807) is 30.5 Å². The molecule has 0 spiro atoms. The Morgan fingerprint density at radius 1 is 1.12 bits per heavy atom. The van der Waals surface area contributed by atoms with Gasteiger partial charge in [0, 0.05) is 23.6 Å². The molecule has 25 heavy (non-hydrogen) atoms. The fourth-order valence-corrected chi connectivity index (χ4v) is 3.34. The van der Waals surface area contributed by atoms with Gasteiger partial charge in [-0.3, -0.25) is 10.1 Å². The zero-order valence-corrected chi connectivity index (χ0v) is 15.4. The number of aromatic nitrogens is 1. The lowest BCUT2D eigenvalue weighted by Gasteiger charge is -1.98. The fraction of sp³-hybridized carbons (Fsp3) is 0.0526. The molecule has 1 N–H and O–H groups in total. The molecule has 1 amide bonds. The van der Waals surface area contributed by atoms with E-state index in [4.69, 9.17) is 23.2 Å². The Hall–Kier alpha value is -2.14. The van der Waals surface area contributed by atoms with E-state index in [0.717, 1.165) is 16.9 Å². The minimum atomic E-state index is -0.244. The molecule has 0 aliphatic carbocycles. The van der Waals surface area contributed by atoms with Crippen LogP contribution in [0.4, 0.5) is 5.13 Å². The molecule has 0 saturated heterocycles. The minimum Gasteiger partial charge on any atom is -0.298 e. The van der Waals surface area contributed by atoms with Gasteiger partial charge in [-0.15, -0.1) is 11.3 Å². The highest BCUT2D eigenvalue weighted by Gasteiger charge is 2.05. The predicted octanol–water partition coefficient (Wildman–Crippen LogP) is 5.69. The van der Waals surface area contributed by atoms with Crippen molar-refractivity contribution in [2.24, 2.45) is 0 Å². The number of nitrogens with zero attached hydrogens (tertiary/aromatic N) is 1. The highest BCUT2D eigenvalue weighted by atomic mass is 35.5. The zero-order chi connectivity index (χ0) is 17.6. The second kappa shape index (κ2) is 8.30. The van der Waals surface area contributed by atoms with Crippen LogP contribution in [0.15, 0.2) is 60.8 Å². The number of hydrogen-bond acceptors (Lipinski definition) is 3. The molecule has 0 aliphatic heterocycles. The number of carbonyl (C=O) groups excluding carboxylic acids is 1. The monoisotopic (exact) mass is 388 g/mol. The Kier molecular flexibility index (Phi) is 5.87. The molecule has 1 heterocycles. The molecule has 0 atom stereocenters. The quantitative estimate of drug-likeness (QED) is 0.570. The highest BCUT2D eigenvalue weighted by molar-refractivity contribution is 7.15. The van der Waals surface area contributed by atoms with Gasteiger partial charge in [0.1, 0.15) is 0 Å². The number of halogens is 2. The maximum Gasteiger partial charge on any atom is 0.250 e. The van der Waals surface area contributed by atoms with E-state index in [-0.39, 0.29) is 5.91 Å². The van der Waals surface area contributed by atoms with Crippen molar-refractivity contribution in [1.29, 1.82) is 0 Å². The van der Waals surface area contributed by atoms with Crippen LogP contribution in [0.25, 0.3) is 6.08 Å². The normalized spacial score (nSPS) is 11.0. The van der Waals surface area contributed by atoms with Crippen LogP contribution in [-0.4, -0.2) is 10.9 Å². The first-order valence-electron chi connectivity index (χ1n) is 7.53. The van der Waals surface area contributed by atoms with Crippen LogP contribution < -0.4 is 5.32 Å². The summed E-state index contributed by atoms with van der Waals surface area (Å²) in [6, 6.07) is 15.3. The molecule has 0 bridgehead atoms. The first-order valence-corrected chi connectivity index (χ1v) is 9.10. The van der Waals surface area contributed by atoms with Crippen LogP contribution in [0.3, 0.4) is 0 Å². The zero-order valence-electron chi connectivity index (χ0n) is 13.1. The molecule has 0 fully saturated rings. The Morgan fingerprint density at radius 3 is 2.68 bits per heavy atom. The third-order valence-corrected chi connectivity index (χ3v) is 5.03. The predicted molar refractivity (Wildman–Crippen MR) is 105 cm³/mol. The van der Waals surface area contributed by atoms with Gasteiger partial charge in [0.2, 0.25) is 5.91 Å². The lowest BCUT2D eigenvalue weighted by atomic mass is 10.1. The van der Waals surface area contributed by atoms with Crippen molar-refractivity contribution in [3.63, 3.8) is 0 Å². The van der Waals surface area contributed by atoms with Crippen LogP contribution in [0, 0.1) is 0 Å². The topological polar surface area (TPSA) is 42.0 Å². The van der Waals surface area contributed by atoms with E-state index < -0.39 is 0 Å². The largest absolute Gasteiger partial charge is 0.298 e. The van der Waals surface area contributed by atoms with Gasteiger partial charge in [0.15, 0.2) is 5.13 Å². The van der Waals surface area contributed by atoms with Crippen LogP contribution in [0.5, 0.6) is 0 Å². The summed E-state index contributed by atoms with van der Waals surface area (Å²) in [5.74, 6) is -0.244. The molecular formula is C19H14Cl2N2OS. The van der Waals surface area contributed by atoms with Crippen LogP contribution in [-0.2, 0) is 11.2 Å². The lowest BCUT2D eigenvalue weighted by molar-refractivity contribution is -0.111. The van der Waals surface area contributed by atoms with Crippen molar-refractivity contribution in [2.45, 2.75) is 6.42 Å². The van der Waals surface area contributed by atoms with Crippen molar-refractivity contribution in [2.75, 3.05) is 5.32 Å². The number of hydrogen-bond donors (Lipinski definition) is 1. The van der Waals surface area contributed by atoms with E-state index in [9.17, 15) is 4.79 Å². The molecule has 1 aromatic heterocycles. The van der Waals surface area contributed by atoms with E-state index in [1.807, 2.05) is 18.2 Å². The lowest BCUT2D eigenvalue weighted by Crippen LogP contribution is -2.07. The van der Waals surface area contributed by atoms with Crippen LogP contribution >= 0.6 is 34.5 Å².